The minimum atomic E-state index is 0.132. The highest BCUT2D eigenvalue weighted by atomic mass is 16.1. The van der Waals surface area contributed by atoms with Gasteiger partial charge in [0.05, 0.1) is 0 Å². The van der Waals surface area contributed by atoms with Crippen LogP contribution in [0, 0.1) is 5.92 Å². The monoisotopic (exact) mass is 177 g/mol. The van der Waals surface area contributed by atoms with Crippen LogP contribution in [0.15, 0.2) is 24.5 Å². The van der Waals surface area contributed by atoms with E-state index in [9.17, 15) is 4.79 Å². The Labute approximate surface area is 79.0 Å². The van der Waals surface area contributed by atoms with Gasteiger partial charge in [0.1, 0.15) is 5.78 Å². The minimum absolute atomic E-state index is 0.132. The van der Waals surface area contributed by atoms with Crippen molar-refractivity contribution in [2.75, 3.05) is 0 Å². The third kappa shape index (κ3) is 2.98. The van der Waals surface area contributed by atoms with Crippen LogP contribution in [0.1, 0.15) is 25.8 Å². The Balaban J connectivity index is 2.55. The molecule has 70 valence electrons. The first-order valence-electron chi connectivity index (χ1n) is 4.65. The number of carbonyl (C=O) groups excluding carboxylic acids is 1. The van der Waals surface area contributed by atoms with Crippen LogP contribution in [0.3, 0.4) is 0 Å². The summed E-state index contributed by atoms with van der Waals surface area (Å²) in [4.78, 5) is 15.2. The number of Topliss-reactive ketones (excluding diaryl/α,β-unsaturated/α-hetero) is 1. The Morgan fingerprint density at radius 1 is 1.46 bits per heavy atom. The molecule has 1 aromatic rings. The first-order valence-corrected chi connectivity index (χ1v) is 4.65. The Bertz CT molecular complexity index is 269. The van der Waals surface area contributed by atoms with E-state index >= 15 is 0 Å². The molecule has 0 aliphatic carbocycles. The van der Waals surface area contributed by atoms with E-state index in [-0.39, 0.29) is 5.92 Å². The number of pyridine rings is 1. The Morgan fingerprint density at radius 3 is 2.62 bits per heavy atom. The summed E-state index contributed by atoms with van der Waals surface area (Å²) in [6, 6.07) is 3.92. The van der Waals surface area contributed by atoms with E-state index in [0.29, 0.717) is 12.2 Å². The Kier molecular flexibility index (Phi) is 3.62. The van der Waals surface area contributed by atoms with Crippen molar-refractivity contribution in [1.82, 2.24) is 4.98 Å². The summed E-state index contributed by atoms with van der Waals surface area (Å²) < 4.78 is 0. The van der Waals surface area contributed by atoms with Crippen LogP contribution in [-0.4, -0.2) is 10.8 Å². The molecule has 1 unspecified atom stereocenters. The summed E-state index contributed by atoms with van der Waals surface area (Å²) in [6.45, 7) is 3.89. The molecule has 0 bridgehead atoms. The van der Waals surface area contributed by atoms with Gasteiger partial charge in [-0.25, -0.2) is 0 Å². The van der Waals surface area contributed by atoms with Gasteiger partial charge in [0.25, 0.3) is 0 Å². The maximum atomic E-state index is 11.3. The van der Waals surface area contributed by atoms with E-state index in [1.54, 1.807) is 12.4 Å². The van der Waals surface area contributed by atoms with Gasteiger partial charge in [-0.05, 0) is 24.1 Å². The number of rotatable bonds is 4. The highest BCUT2D eigenvalue weighted by molar-refractivity contribution is 5.80. The summed E-state index contributed by atoms with van der Waals surface area (Å²) in [5.74, 6) is 0.462. The molecule has 1 heterocycles. The molecule has 1 rings (SSSR count). The lowest BCUT2D eigenvalue weighted by Crippen LogP contribution is -2.12. The molecule has 0 aromatic carbocycles. The van der Waals surface area contributed by atoms with Gasteiger partial charge in [0, 0.05) is 24.7 Å². The van der Waals surface area contributed by atoms with Gasteiger partial charge in [-0.15, -0.1) is 0 Å². The van der Waals surface area contributed by atoms with Crippen LogP contribution in [-0.2, 0) is 11.2 Å². The summed E-state index contributed by atoms with van der Waals surface area (Å²) in [6.07, 6.45) is 4.98. The zero-order chi connectivity index (χ0) is 9.68. The van der Waals surface area contributed by atoms with E-state index in [0.717, 1.165) is 6.42 Å². The fourth-order valence-corrected chi connectivity index (χ4v) is 1.33. The van der Waals surface area contributed by atoms with Crippen molar-refractivity contribution < 1.29 is 4.79 Å². The molecule has 0 aliphatic heterocycles. The quantitative estimate of drug-likeness (QED) is 0.706. The van der Waals surface area contributed by atoms with Gasteiger partial charge in [-0.1, -0.05) is 13.8 Å². The summed E-state index contributed by atoms with van der Waals surface area (Å²) in [7, 11) is 0. The maximum Gasteiger partial charge on any atom is 0.135 e. The van der Waals surface area contributed by atoms with Crippen LogP contribution >= 0.6 is 0 Å². The van der Waals surface area contributed by atoms with Crippen LogP contribution in [0.2, 0.25) is 0 Å². The largest absolute Gasteiger partial charge is 0.299 e. The lowest BCUT2D eigenvalue weighted by atomic mass is 9.96. The molecule has 1 atom stereocenters. The van der Waals surface area contributed by atoms with Gasteiger partial charge in [-0.2, -0.15) is 0 Å². The first-order chi connectivity index (χ1) is 6.24. The molecule has 0 spiro atoms. The molecule has 0 radical (unpaired) electrons. The average molecular weight is 177 g/mol. The van der Waals surface area contributed by atoms with E-state index in [1.807, 2.05) is 26.0 Å². The number of carbonyl (C=O) groups is 1. The number of aromatic nitrogens is 1. The molecular formula is C11H15NO. The van der Waals surface area contributed by atoms with E-state index < -0.39 is 0 Å². The third-order valence-corrected chi connectivity index (χ3v) is 2.19. The van der Waals surface area contributed by atoms with Crippen LogP contribution in [0.5, 0.6) is 0 Å². The van der Waals surface area contributed by atoms with Gasteiger partial charge in [0.2, 0.25) is 0 Å². The maximum absolute atomic E-state index is 11.3. The van der Waals surface area contributed by atoms with Crippen LogP contribution in [0.25, 0.3) is 0 Å². The lowest BCUT2D eigenvalue weighted by molar-refractivity contribution is -0.122. The van der Waals surface area contributed by atoms with Gasteiger partial charge < -0.3 is 0 Å². The van der Waals surface area contributed by atoms with E-state index in [1.165, 1.54) is 5.56 Å². The fraction of sp³-hybridized carbons (Fsp3) is 0.455. The molecule has 0 saturated carbocycles. The second-order valence-electron chi connectivity index (χ2n) is 3.28. The second kappa shape index (κ2) is 4.75. The number of hydrogen-bond acceptors (Lipinski definition) is 2. The zero-order valence-corrected chi connectivity index (χ0v) is 8.16. The molecule has 0 N–H and O–H groups in total. The Morgan fingerprint density at radius 2 is 2.08 bits per heavy atom. The average Bonchev–Trinajstić information content (AvgIpc) is 2.18. The standard InChI is InChI=1S/C11H15NO/c1-3-11(13)9(2)8-10-4-6-12-7-5-10/h4-7,9H,3,8H2,1-2H3. The van der Waals surface area contributed by atoms with Crippen molar-refractivity contribution in [3.63, 3.8) is 0 Å². The normalized spacial score (nSPS) is 12.5. The number of hydrogen-bond donors (Lipinski definition) is 0. The molecule has 13 heavy (non-hydrogen) atoms. The zero-order valence-electron chi connectivity index (χ0n) is 8.16. The van der Waals surface area contributed by atoms with Crippen molar-refractivity contribution in [1.29, 1.82) is 0 Å². The second-order valence-corrected chi connectivity index (χ2v) is 3.28. The van der Waals surface area contributed by atoms with Gasteiger partial charge in [-0.3, -0.25) is 9.78 Å². The molecule has 0 saturated heterocycles. The fourth-order valence-electron chi connectivity index (χ4n) is 1.33. The molecule has 0 fully saturated rings. The summed E-state index contributed by atoms with van der Waals surface area (Å²) in [5.41, 5.74) is 1.18. The first kappa shape index (κ1) is 9.90. The highest BCUT2D eigenvalue weighted by Crippen LogP contribution is 2.09. The predicted molar refractivity (Wildman–Crippen MR) is 52.4 cm³/mol. The molecule has 0 amide bonds. The minimum Gasteiger partial charge on any atom is -0.299 e. The van der Waals surface area contributed by atoms with Gasteiger partial charge in [0.15, 0.2) is 0 Å². The summed E-state index contributed by atoms with van der Waals surface area (Å²) in [5, 5.41) is 0. The van der Waals surface area contributed by atoms with Crippen LogP contribution in [0.4, 0.5) is 0 Å². The van der Waals surface area contributed by atoms with Crippen LogP contribution < -0.4 is 0 Å². The van der Waals surface area contributed by atoms with E-state index in [2.05, 4.69) is 4.98 Å². The third-order valence-electron chi connectivity index (χ3n) is 2.19. The topological polar surface area (TPSA) is 30.0 Å². The smallest absolute Gasteiger partial charge is 0.135 e. The van der Waals surface area contributed by atoms with E-state index in [4.69, 9.17) is 0 Å². The summed E-state index contributed by atoms with van der Waals surface area (Å²) >= 11 is 0. The lowest BCUT2D eigenvalue weighted by Gasteiger charge is -2.08. The van der Waals surface area contributed by atoms with Crippen molar-refractivity contribution >= 4 is 5.78 Å². The van der Waals surface area contributed by atoms with Crippen molar-refractivity contribution in [2.24, 2.45) is 5.92 Å². The molecular weight excluding hydrogens is 162 g/mol. The predicted octanol–water partition coefficient (Wildman–Crippen LogP) is 2.24. The SMILES string of the molecule is CCC(=O)C(C)Cc1ccncc1. The Hall–Kier alpha value is -1.18. The van der Waals surface area contributed by atoms with Crippen molar-refractivity contribution in [3.05, 3.63) is 30.1 Å². The molecule has 2 nitrogen and oxygen atoms in total. The number of ketones is 1. The van der Waals surface area contributed by atoms with Gasteiger partial charge >= 0.3 is 0 Å². The molecule has 0 aliphatic rings. The highest BCUT2D eigenvalue weighted by Gasteiger charge is 2.10. The number of nitrogens with zero attached hydrogens (tertiary/aromatic N) is 1. The molecule has 1 aromatic heterocycles. The van der Waals surface area contributed by atoms with Crippen molar-refractivity contribution in [3.8, 4) is 0 Å². The molecule has 2 heteroatoms. The van der Waals surface area contributed by atoms with Crippen molar-refractivity contribution in [2.45, 2.75) is 26.7 Å².